The number of benzene rings is 2. The Morgan fingerprint density at radius 3 is 2.40 bits per heavy atom. The summed E-state index contributed by atoms with van der Waals surface area (Å²) in [7, 11) is 0. The maximum Gasteiger partial charge on any atom is 0.295 e. The number of nitrogens with zero attached hydrogens (tertiary/aromatic N) is 1. The van der Waals surface area contributed by atoms with Crippen LogP contribution >= 0.6 is 0 Å². The molecule has 2 rings (SSSR count). The fourth-order valence-corrected chi connectivity index (χ4v) is 1.69. The Kier molecular flexibility index (Phi) is 3.79. The van der Waals surface area contributed by atoms with Crippen molar-refractivity contribution >= 4 is 17.1 Å². The summed E-state index contributed by atoms with van der Waals surface area (Å²) in [6, 6.07) is 8.31. The molecule has 0 amide bonds. The van der Waals surface area contributed by atoms with Gasteiger partial charge < -0.3 is 11.1 Å². The number of nitro groups is 1. The third kappa shape index (κ3) is 2.82. The van der Waals surface area contributed by atoms with Crippen LogP contribution in [0.5, 0.6) is 0 Å². The minimum atomic E-state index is -1.27. The Balaban J connectivity index is 2.26. The molecule has 0 aliphatic heterocycles. The van der Waals surface area contributed by atoms with Gasteiger partial charge in [0.15, 0.2) is 17.3 Å². The first-order chi connectivity index (χ1) is 9.49. The molecule has 0 unspecified atom stereocenters. The zero-order valence-corrected chi connectivity index (χ0v) is 10.3. The second-order valence-corrected chi connectivity index (χ2v) is 4.11. The van der Waals surface area contributed by atoms with Crippen molar-refractivity contribution < 1.29 is 13.7 Å². The minimum absolute atomic E-state index is 0.113. The van der Waals surface area contributed by atoms with Crippen LogP contribution in [-0.2, 0) is 6.54 Å². The van der Waals surface area contributed by atoms with Crippen LogP contribution in [-0.4, -0.2) is 4.92 Å². The predicted molar refractivity (Wildman–Crippen MR) is 71.2 cm³/mol. The Hall–Kier alpha value is -2.70. The number of nitrogens with two attached hydrogens (primary N) is 1. The molecule has 2 aromatic carbocycles. The summed E-state index contributed by atoms with van der Waals surface area (Å²) in [5, 5.41) is 13.3. The number of halogens is 2. The van der Waals surface area contributed by atoms with Crippen LogP contribution in [0.2, 0.25) is 0 Å². The van der Waals surface area contributed by atoms with Gasteiger partial charge in [0, 0.05) is 18.3 Å². The highest BCUT2D eigenvalue weighted by molar-refractivity contribution is 5.62. The average molecular weight is 279 g/mol. The third-order valence-electron chi connectivity index (χ3n) is 2.72. The maximum absolute atomic E-state index is 13.6. The van der Waals surface area contributed by atoms with Crippen molar-refractivity contribution in [2.75, 3.05) is 11.1 Å². The van der Waals surface area contributed by atoms with Gasteiger partial charge in [-0.25, -0.2) is 8.78 Å². The number of anilines is 2. The van der Waals surface area contributed by atoms with Gasteiger partial charge in [0.05, 0.1) is 4.92 Å². The molecule has 0 aromatic heterocycles. The number of hydrogen-bond donors (Lipinski definition) is 2. The predicted octanol–water partition coefficient (Wildman–Crippen LogP) is 3.07. The Morgan fingerprint density at radius 2 is 1.80 bits per heavy atom. The third-order valence-corrected chi connectivity index (χ3v) is 2.72. The first kappa shape index (κ1) is 13.7. The summed E-state index contributed by atoms with van der Waals surface area (Å²) in [6.45, 7) is 0.113. The van der Waals surface area contributed by atoms with Gasteiger partial charge in [-0.2, -0.15) is 0 Å². The quantitative estimate of drug-likeness (QED) is 0.512. The van der Waals surface area contributed by atoms with E-state index in [1.807, 2.05) is 0 Å². The first-order valence-corrected chi connectivity index (χ1v) is 5.69. The van der Waals surface area contributed by atoms with Crippen LogP contribution in [0.3, 0.4) is 0 Å². The van der Waals surface area contributed by atoms with Crippen LogP contribution < -0.4 is 11.1 Å². The first-order valence-electron chi connectivity index (χ1n) is 5.69. The molecule has 0 saturated carbocycles. The summed E-state index contributed by atoms with van der Waals surface area (Å²) in [4.78, 5) is 10.0. The number of nitrogen functional groups attached to an aromatic ring is 1. The van der Waals surface area contributed by atoms with Crippen molar-refractivity contribution in [3.8, 4) is 0 Å². The lowest BCUT2D eigenvalue weighted by Crippen LogP contribution is -2.06. The number of nitrogens with one attached hydrogen (secondary N) is 1. The molecule has 0 aliphatic rings. The second-order valence-electron chi connectivity index (χ2n) is 4.11. The van der Waals surface area contributed by atoms with E-state index < -0.39 is 27.9 Å². The molecular formula is C13H11F2N3O2. The van der Waals surface area contributed by atoms with Crippen LogP contribution in [0.15, 0.2) is 36.4 Å². The van der Waals surface area contributed by atoms with Crippen molar-refractivity contribution in [3.63, 3.8) is 0 Å². The van der Waals surface area contributed by atoms with Gasteiger partial charge >= 0.3 is 0 Å². The second kappa shape index (κ2) is 5.52. The SMILES string of the molecule is Nc1ccc(CNc2c([N+](=O)[O-])ccc(F)c2F)cc1. The van der Waals surface area contributed by atoms with Crippen molar-refractivity contribution in [1.29, 1.82) is 0 Å². The molecule has 0 saturated heterocycles. The monoisotopic (exact) mass is 279 g/mol. The summed E-state index contributed by atoms with van der Waals surface area (Å²) >= 11 is 0. The standard InChI is InChI=1S/C13H11F2N3O2/c14-10-5-6-11(18(19)20)13(12(10)15)17-7-8-1-3-9(16)4-2-8/h1-6,17H,7,16H2. The van der Waals surface area contributed by atoms with Gasteiger partial charge in [0.1, 0.15) is 0 Å². The fraction of sp³-hybridized carbons (Fsp3) is 0.0769. The molecule has 2 aromatic rings. The van der Waals surface area contributed by atoms with Gasteiger partial charge in [-0.1, -0.05) is 12.1 Å². The lowest BCUT2D eigenvalue weighted by Gasteiger charge is -2.09. The normalized spacial score (nSPS) is 10.3. The Labute approximate surface area is 113 Å². The molecule has 20 heavy (non-hydrogen) atoms. The van der Waals surface area contributed by atoms with E-state index >= 15 is 0 Å². The lowest BCUT2D eigenvalue weighted by atomic mass is 10.2. The molecule has 104 valence electrons. The summed E-state index contributed by atoms with van der Waals surface area (Å²) in [5.41, 5.74) is 5.84. The van der Waals surface area contributed by atoms with Crippen LogP contribution in [0.4, 0.5) is 25.8 Å². The van der Waals surface area contributed by atoms with E-state index in [9.17, 15) is 18.9 Å². The van der Waals surface area contributed by atoms with E-state index in [1.54, 1.807) is 24.3 Å². The highest BCUT2D eigenvalue weighted by Crippen LogP contribution is 2.29. The Morgan fingerprint density at radius 1 is 1.15 bits per heavy atom. The number of hydrogen-bond acceptors (Lipinski definition) is 4. The van der Waals surface area contributed by atoms with E-state index in [0.717, 1.165) is 17.7 Å². The number of rotatable bonds is 4. The van der Waals surface area contributed by atoms with Crippen molar-refractivity contribution in [1.82, 2.24) is 0 Å². The lowest BCUT2D eigenvalue weighted by molar-refractivity contribution is -0.384. The van der Waals surface area contributed by atoms with Crippen LogP contribution in [0.25, 0.3) is 0 Å². The minimum Gasteiger partial charge on any atom is -0.399 e. The summed E-state index contributed by atoms with van der Waals surface area (Å²) in [6.07, 6.45) is 0. The molecular weight excluding hydrogens is 268 g/mol. The molecule has 0 atom stereocenters. The van der Waals surface area contributed by atoms with E-state index in [1.165, 1.54) is 0 Å². The Bertz CT molecular complexity index is 645. The van der Waals surface area contributed by atoms with Gasteiger partial charge in [0.2, 0.25) is 0 Å². The van der Waals surface area contributed by atoms with E-state index in [-0.39, 0.29) is 6.54 Å². The van der Waals surface area contributed by atoms with E-state index in [0.29, 0.717) is 5.69 Å². The van der Waals surface area contributed by atoms with Gasteiger partial charge in [0.25, 0.3) is 5.69 Å². The number of nitro benzene ring substituents is 1. The van der Waals surface area contributed by atoms with E-state index in [2.05, 4.69) is 5.32 Å². The zero-order chi connectivity index (χ0) is 14.7. The summed E-state index contributed by atoms with van der Waals surface area (Å²) < 4.78 is 26.8. The molecule has 0 spiro atoms. The topological polar surface area (TPSA) is 81.2 Å². The maximum atomic E-state index is 13.6. The smallest absolute Gasteiger partial charge is 0.295 e. The molecule has 7 heteroatoms. The molecule has 3 N–H and O–H groups in total. The highest BCUT2D eigenvalue weighted by Gasteiger charge is 2.21. The molecule has 0 fully saturated rings. The molecule has 0 radical (unpaired) electrons. The van der Waals surface area contributed by atoms with Crippen LogP contribution in [0.1, 0.15) is 5.56 Å². The van der Waals surface area contributed by atoms with Crippen molar-refractivity contribution in [3.05, 3.63) is 63.7 Å². The van der Waals surface area contributed by atoms with Crippen LogP contribution in [0, 0.1) is 21.7 Å². The molecule has 0 heterocycles. The zero-order valence-electron chi connectivity index (χ0n) is 10.3. The molecule has 0 aliphatic carbocycles. The highest BCUT2D eigenvalue weighted by atomic mass is 19.2. The van der Waals surface area contributed by atoms with Gasteiger partial charge in [-0.3, -0.25) is 10.1 Å². The van der Waals surface area contributed by atoms with Gasteiger partial charge in [-0.05, 0) is 23.8 Å². The average Bonchev–Trinajstić information content (AvgIpc) is 2.42. The van der Waals surface area contributed by atoms with Gasteiger partial charge in [-0.15, -0.1) is 0 Å². The van der Waals surface area contributed by atoms with Crippen molar-refractivity contribution in [2.45, 2.75) is 6.54 Å². The molecule has 0 bridgehead atoms. The fourth-order valence-electron chi connectivity index (χ4n) is 1.69. The van der Waals surface area contributed by atoms with E-state index in [4.69, 9.17) is 5.73 Å². The summed E-state index contributed by atoms with van der Waals surface area (Å²) in [5.74, 6) is -2.41. The van der Waals surface area contributed by atoms with Crippen molar-refractivity contribution in [2.24, 2.45) is 0 Å². The largest absolute Gasteiger partial charge is 0.399 e. The molecule has 5 nitrogen and oxygen atoms in total.